The lowest BCUT2D eigenvalue weighted by molar-refractivity contribution is -0.123. The van der Waals surface area contributed by atoms with Gasteiger partial charge in [-0.05, 0) is 36.1 Å². The molecule has 3 nitrogen and oxygen atoms in total. The van der Waals surface area contributed by atoms with Crippen molar-refractivity contribution in [3.05, 3.63) is 42.1 Å². The van der Waals surface area contributed by atoms with E-state index < -0.39 is 0 Å². The number of aromatic nitrogens is 1. The normalized spacial score (nSPS) is 11.1. The van der Waals surface area contributed by atoms with Crippen LogP contribution in [0.15, 0.2) is 36.5 Å². The van der Waals surface area contributed by atoms with E-state index in [0.29, 0.717) is 0 Å². The number of hydrogen-bond donors (Lipinski definition) is 1. The van der Waals surface area contributed by atoms with Crippen molar-refractivity contribution in [3.63, 3.8) is 0 Å². The summed E-state index contributed by atoms with van der Waals surface area (Å²) >= 11 is 0. The summed E-state index contributed by atoms with van der Waals surface area (Å²) in [6.45, 7) is 1.41. The second kappa shape index (κ2) is 4.78. The van der Waals surface area contributed by atoms with E-state index in [1.54, 1.807) is 6.08 Å². The highest BCUT2D eigenvalue weighted by Gasteiger charge is 2.00. The third-order valence-electron chi connectivity index (χ3n) is 2.46. The molecule has 0 fully saturated rings. The van der Waals surface area contributed by atoms with E-state index in [2.05, 4.69) is 4.98 Å². The van der Waals surface area contributed by atoms with Crippen LogP contribution in [0.2, 0.25) is 0 Å². The fourth-order valence-electron chi connectivity index (χ4n) is 1.66. The molecule has 2 aromatic rings. The summed E-state index contributed by atoms with van der Waals surface area (Å²) in [6.07, 6.45) is 5.03. The molecule has 0 saturated carbocycles. The van der Waals surface area contributed by atoms with E-state index in [1.807, 2.05) is 30.5 Å². The number of carbonyl (C=O) groups excluding carboxylic acids is 2. The smallest absolute Gasteiger partial charge is 0.163 e. The van der Waals surface area contributed by atoms with Gasteiger partial charge < -0.3 is 4.98 Å². The number of fused-ring (bicyclic) bond motifs is 1. The standard InChI is InChI=1S/C14H13NO2/c1-10(16)8-13(17)5-3-11-2-4-12-6-7-15-14(12)9-11/h2-7,9,15H,8H2,1H3. The molecular formula is C14H13NO2. The summed E-state index contributed by atoms with van der Waals surface area (Å²) in [6, 6.07) is 7.88. The summed E-state index contributed by atoms with van der Waals surface area (Å²) in [5.41, 5.74) is 1.98. The number of allylic oxidation sites excluding steroid dienone is 1. The molecule has 0 unspecified atom stereocenters. The molecule has 0 atom stereocenters. The monoisotopic (exact) mass is 227 g/mol. The van der Waals surface area contributed by atoms with E-state index in [4.69, 9.17) is 0 Å². The first-order chi connectivity index (χ1) is 8.15. The first kappa shape index (κ1) is 11.3. The number of Topliss-reactive ketones (excluding diaryl/α,β-unsaturated/α-hetero) is 1. The minimum absolute atomic E-state index is 0.0265. The Bertz CT molecular complexity index is 593. The summed E-state index contributed by atoms with van der Waals surface area (Å²) in [4.78, 5) is 25.2. The van der Waals surface area contributed by atoms with E-state index in [0.717, 1.165) is 16.5 Å². The number of benzene rings is 1. The Kier molecular flexibility index (Phi) is 3.19. The van der Waals surface area contributed by atoms with Gasteiger partial charge in [0.15, 0.2) is 5.78 Å². The maximum Gasteiger partial charge on any atom is 0.163 e. The Hall–Kier alpha value is -2.16. The van der Waals surface area contributed by atoms with E-state index in [9.17, 15) is 9.59 Å². The summed E-state index contributed by atoms with van der Waals surface area (Å²) in [5.74, 6) is -0.274. The van der Waals surface area contributed by atoms with Crippen molar-refractivity contribution < 1.29 is 9.59 Å². The van der Waals surface area contributed by atoms with Gasteiger partial charge in [-0.1, -0.05) is 18.2 Å². The molecule has 0 aliphatic carbocycles. The minimum Gasteiger partial charge on any atom is -0.361 e. The first-order valence-electron chi connectivity index (χ1n) is 5.42. The van der Waals surface area contributed by atoms with Gasteiger partial charge in [0.1, 0.15) is 5.78 Å². The van der Waals surface area contributed by atoms with Gasteiger partial charge in [0.2, 0.25) is 0 Å². The largest absolute Gasteiger partial charge is 0.361 e. The highest BCUT2D eigenvalue weighted by atomic mass is 16.1. The third-order valence-corrected chi connectivity index (χ3v) is 2.46. The van der Waals surface area contributed by atoms with Gasteiger partial charge in [-0.25, -0.2) is 0 Å². The van der Waals surface area contributed by atoms with Crippen molar-refractivity contribution in [3.8, 4) is 0 Å². The Balaban J connectivity index is 2.14. The van der Waals surface area contributed by atoms with Crippen LogP contribution in [0.25, 0.3) is 17.0 Å². The van der Waals surface area contributed by atoms with Crippen LogP contribution < -0.4 is 0 Å². The zero-order valence-electron chi connectivity index (χ0n) is 9.57. The lowest BCUT2D eigenvalue weighted by Crippen LogP contribution is -1.99. The molecule has 1 aromatic carbocycles. The van der Waals surface area contributed by atoms with E-state index >= 15 is 0 Å². The fourth-order valence-corrected chi connectivity index (χ4v) is 1.66. The second-order valence-corrected chi connectivity index (χ2v) is 4.00. The second-order valence-electron chi connectivity index (χ2n) is 4.00. The van der Waals surface area contributed by atoms with Crippen LogP contribution in [0.5, 0.6) is 0 Å². The molecule has 3 heteroatoms. The van der Waals surface area contributed by atoms with Crippen LogP contribution in [0, 0.1) is 0 Å². The highest BCUT2D eigenvalue weighted by molar-refractivity contribution is 6.05. The summed E-state index contributed by atoms with van der Waals surface area (Å²) in [7, 11) is 0. The Morgan fingerprint density at radius 2 is 2.12 bits per heavy atom. The predicted octanol–water partition coefficient (Wildman–Crippen LogP) is 2.73. The van der Waals surface area contributed by atoms with Crippen molar-refractivity contribution in [1.29, 1.82) is 0 Å². The lowest BCUT2D eigenvalue weighted by Gasteiger charge is -1.94. The van der Waals surface area contributed by atoms with Crippen LogP contribution in [0.3, 0.4) is 0 Å². The lowest BCUT2D eigenvalue weighted by atomic mass is 10.1. The quantitative estimate of drug-likeness (QED) is 0.645. The van der Waals surface area contributed by atoms with Crippen LogP contribution in [-0.4, -0.2) is 16.6 Å². The first-order valence-corrected chi connectivity index (χ1v) is 5.42. The van der Waals surface area contributed by atoms with Gasteiger partial charge in [0.05, 0.1) is 6.42 Å². The molecule has 1 aromatic heterocycles. The van der Waals surface area contributed by atoms with E-state index in [-0.39, 0.29) is 18.0 Å². The van der Waals surface area contributed by atoms with Crippen molar-refractivity contribution in [2.24, 2.45) is 0 Å². The molecular weight excluding hydrogens is 214 g/mol. The van der Waals surface area contributed by atoms with Crippen LogP contribution in [0.1, 0.15) is 18.9 Å². The number of ketones is 2. The van der Waals surface area contributed by atoms with Crippen molar-refractivity contribution in [1.82, 2.24) is 4.98 Å². The molecule has 17 heavy (non-hydrogen) atoms. The Morgan fingerprint density at radius 3 is 2.88 bits per heavy atom. The molecule has 0 bridgehead atoms. The average Bonchev–Trinajstić information content (AvgIpc) is 2.72. The molecule has 0 aliphatic rings. The van der Waals surface area contributed by atoms with Gasteiger partial charge in [0, 0.05) is 11.7 Å². The molecule has 0 spiro atoms. The van der Waals surface area contributed by atoms with Gasteiger partial charge in [0.25, 0.3) is 0 Å². The number of H-pyrrole nitrogens is 1. The van der Waals surface area contributed by atoms with Crippen LogP contribution in [0.4, 0.5) is 0 Å². The maximum atomic E-state index is 11.3. The number of rotatable bonds is 4. The maximum absolute atomic E-state index is 11.3. The average molecular weight is 227 g/mol. The number of hydrogen-bond acceptors (Lipinski definition) is 2. The predicted molar refractivity (Wildman–Crippen MR) is 67.6 cm³/mol. The van der Waals surface area contributed by atoms with Gasteiger partial charge >= 0.3 is 0 Å². The topological polar surface area (TPSA) is 49.9 Å². The Labute approximate surface area is 99.1 Å². The fraction of sp³-hybridized carbons (Fsp3) is 0.143. The molecule has 0 radical (unpaired) electrons. The zero-order chi connectivity index (χ0) is 12.3. The molecule has 1 N–H and O–H groups in total. The molecule has 86 valence electrons. The van der Waals surface area contributed by atoms with Gasteiger partial charge in [-0.15, -0.1) is 0 Å². The van der Waals surface area contributed by atoms with Crippen molar-refractivity contribution in [2.75, 3.05) is 0 Å². The Morgan fingerprint density at radius 1 is 1.29 bits per heavy atom. The van der Waals surface area contributed by atoms with E-state index in [1.165, 1.54) is 13.0 Å². The summed E-state index contributed by atoms with van der Waals surface area (Å²) < 4.78 is 0. The number of nitrogens with one attached hydrogen (secondary N) is 1. The number of aromatic amines is 1. The van der Waals surface area contributed by atoms with Gasteiger partial charge in [-0.2, -0.15) is 0 Å². The highest BCUT2D eigenvalue weighted by Crippen LogP contribution is 2.15. The van der Waals surface area contributed by atoms with Crippen molar-refractivity contribution >= 4 is 28.5 Å². The molecule has 0 saturated heterocycles. The van der Waals surface area contributed by atoms with Crippen molar-refractivity contribution in [2.45, 2.75) is 13.3 Å². The minimum atomic E-state index is -0.163. The summed E-state index contributed by atoms with van der Waals surface area (Å²) in [5, 5.41) is 1.14. The molecule has 0 aliphatic heterocycles. The van der Waals surface area contributed by atoms with Gasteiger partial charge in [-0.3, -0.25) is 9.59 Å². The van der Waals surface area contributed by atoms with Crippen LogP contribution >= 0.6 is 0 Å². The molecule has 2 rings (SSSR count). The molecule has 1 heterocycles. The SMILES string of the molecule is CC(=O)CC(=O)C=Cc1ccc2cc[nH]c2c1. The molecule has 0 amide bonds. The van der Waals surface area contributed by atoms with Crippen LogP contribution in [-0.2, 0) is 9.59 Å². The number of carbonyl (C=O) groups is 2. The third kappa shape index (κ3) is 2.91. The zero-order valence-corrected chi connectivity index (χ0v) is 9.57.